The molecule has 4 rings (SSSR count). The van der Waals surface area contributed by atoms with Gasteiger partial charge in [-0.25, -0.2) is 4.98 Å². The van der Waals surface area contributed by atoms with Crippen molar-refractivity contribution in [2.45, 2.75) is 19.5 Å². The maximum absolute atomic E-state index is 12.3. The highest BCUT2D eigenvalue weighted by Gasteiger charge is 2.14. The summed E-state index contributed by atoms with van der Waals surface area (Å²) in [6, 6.07) is 12.8. The number of aromatic nitrogens is 2. The van der Waals surface area contributed by atoms with Crippen molar-refractivity contribution < 1.29 is 4.42 Å². The SMILES string of the molecule is CC(NCc1nc2c(oc3ccccc32)c(=O)[nH]1)c1ccc(Cl)cc1Cl. The van der Waals surface area contributed by atoms with Crippen LogP contribution >= 0.6 is 23.2 Å². The lowest BCUT2D eigenvalue weighted by Crippen LogP contribution is -2.22. The van der Waals surface area contributed by atoms with Gasteiger partial charge in [0.05, 0.1) is 6.54 Å². The minimum absolute atomic E-state index is 0.0399. The first-order chi connectivity index (χ1) is 12.5. The second kappa shape index (κ2) is 6.76. The van der Waals surface area contributed by atoms with Gasteiger partial charge in [-0.2, -0.15) is 0 Å². The molecule has 0 fully saturated rings. The number of H-pyrrole nitrogens is 1. The first-order valence-electron chi connectivity index (χ1n) is 8.11. The highest BCUT2D eigenvalue weighted by atomic mass is 35.5. The maximum Gasteiger partial charge on any atom is 0.294 e. The predicted molar refractivity (Wildman–Crippen MR) is 104 cm³/mol. The van der Waals surface area contributed by atoms with E-state index < -0.39 is 0 Å². The summed E-state index contributed by atoms with van der Waals surface area (Å²) in [5.74, 6) is 0.533. The number of benzene rings is 2. The van der Waals surface area contributed by atoms with E-state index in [4.69, 9.17) is 27.6 Å². The van der Waals surface area contributed by atoms with E-state index in [1.54, 1.807) is 12.1 Å². The Hall–Kier alpha value is -2.34. The van der Waals surface area contributed by atoms with Crippen LogP contribution in [0.3, 0.4) is 0 Å². The fourth-order valence-electron chi connectivity index (χ4n) is 2.94. The Morgan fingerprint density at radius 2 is 2.04 bits per heavy atom. The van der Waals surface area contributed by atoms with Crippen LogP contribution < -0.4 is 10.9 Å². The van der Waals surface area contributed by atoms with Crippen molar-refractivity contribution in [3.8, 4) is 0 Å². The first kappa shape index (κ1) is 17.1. The van der Waals surface area contributed by atoms with Gasteiger partial charge in [-0.05, 0) is 36.8 Å². The molecule has 2 heterocycles. The van der Waals surface area contributed by atoms with Crippen molar-refractivity contribution >= 4 is 45.3 Å². The number of halogens is 2. The van der Waals surface area contributed by atoms with Crippen LogP contribution in [0.2, 0.25) is 10.0 Å². The van der Waals surface area contributed by atoms with Crippen LogP contribution in [0.1, 0.15) is 24.4 Å². The molecule has 0 saturated heterocycles. The lowest BCUT2D eigenvalue weighted by Gasteiger charge is -2.15. The zero-order valence-electron chi connectivity index (χ0n) is 13.8. The molecule has 2 aromatic carbocycles. The zero-order chi connectivity index (χ0) is 18.3. The third-order valence-corrected chi connectivity index (χ3v) is 4.85. The fraction of sp³-hybridized carbons (Fsp3) is 0.158. The highest BCUT2D eigenvalue weighted by Crippen LogP contribution is 2.27. The maximum atomic E-state index is 12.3. The molecule has 7 heteroatoms. The Morgan fingerprint density at radius 3 is 2.85 bits per heavy atom. The summed E-state index contributed by atoms with van der Waals surface area (Å²) in [7, 11) is 0. The number of aromatic amines is 1. The fourth-order valence-corrected chi connectivity index (χ4v) is 3.52. The molecular formula is C19H15Cl2N3O2. The van der Waals surface area contributed by atoms with E-state index >= 15 is 0 Å². The summed E-state index contributed by atoms with van der Waals surface area (Å²) < 4.78 is 5.60. The minimum atomic E-state index is -0.292. The van der Waals surface area contributed by atoms with E-state index in [1.165, 1.54) is 0 Å². The summed E-state index contributed by atoms with van der Waals surface area (Å²) in [6.07, 6.45) is 0. The summed E-state index contributed by atoms with van der Waals surface area (Å²) in [6.45, 7) is 2.36. The Morgan fingerprint density at radius 1 is 1.23 bits per heavy atom. The molecule has 0 aliphatic rings. The predicted octanol–water partition coefficient (Wildman–Crippen LogP) is 4.83. The molecule has 0 spiro atoms. The van der Waals surface area contributed by atoms with Gasteiger partial charge in [0.2, 0.25) is 5.58 Å². The average Bonchev–Trinajstić information content (AvgIpc) is 2.99. The normalized spacial score (nSPS) is 12.7. The number of nitrogens with one attached hydrogen (secondary N) is 2. The van der Waals surface area contributed by atoms with Gasteiger partial charge in [-0.15, -0.1) is 0 Å². The van der Waals surface area contributed by atoms with E-state index in [0.29, 0.717) is 33.5 Å². The van der Waals surface area contributed by atoms with Gasteiger partial charge in [0.25, 0.3) is 5.56 Å². The van der Waals surface area contributed by atoms with Gasteiger partial charge in [0, 0.05) is 21.5 Å². The molecule has 0 aliphatic heterocycles. The zero-order valence-corrected chi connectivity index (χ0v) is 15.4. The van der Waals surface area contributed by atoms with Gasteiger partial charge < -0.3 is 14.7 Å². The van der Waals surface area contributed by atoms with E-state index in [2.05, 4.69) is 15.3 Å². The second-order valence-corrected chi connectivity index (χ2v) is 6.90. The van der Waals surface area contributed by atoms with Crippen molar-refractivity contribution in [1.29, 1.82) is 0 Å². The topological polar surface area (TPSA) is 70.9 Å². The van der Waals surface area contributed by atoms with Crippen molar-refractivity contribution in [1.82, 2.24) is 15.3 Å². The summed E-state index contributed by atoms with van der Waals surface area (Å²) in [5.41, 5.74) is 2.09. The van der Waals surface area contributed by atoms with Crippen LogP contribution in [-0.4, -0.2) is 9.97 Å². The van der Waals surface area contributed by atoms with Gasteiger partial charge in [0.15, 0.2) is 0 Å². The van der Waals surface area contributed by atoms with Crippen molar-refractivity contribution in [3.05, 3.63) is 74.3 Å². The quantitative estimate of drug-likeness (QED) is 0.526. The molecule has 0 saturated carbocycles. The van der Waals surface area contributed by atoms with Crippen molar-refractivity contribution in [2.75, 3.05) is 0 Å². The Balaban J connectivity index is 1.63. The van der Waals surface area contributed by atoms with Gasteiger partial charge in [0.1, 0.15) is 16.9 Å². The highest BCUT2D eigenvalue weighted by molar-refractivity contribution is 6.35. The smallest absolute Gasteiger partial charge is 0.294 e. The number of rotatable bonds is 4. The van der Waals surface area contributed by atoms with E-state index in [1.807, 2.05) is 37.3 Å². The van der Waals surface area contributed by atoms with Crippen LogP contribution in [0.25, 0.3) is 22.1 Å². The monoisotopic (exact) mass is 387 g/mol. The number of furan rings is 1. The molecule has 2 aromatic heterocycles. The third-order valence-electron chi connectivity index (χ3n) is 4.28. The summed E-state index contributed by atoms with van der Waals surface area (Å²) in [4.78, 5) is 19.6. The lowest BCUT2D eigenvalue weighted by molar-refractivity contribution is 0.558. The van der Waals surface area contributed by atoms with Crippen LogP contribution in [0.15, 0.2) is 51.7 Å². The average molecular weight is 388 g/mol. The Labute approximate surface area is 158 Å². The van der Waals surface area contributed by atoms with Gasteiger partial charge in [-0.3, -0.25) is 4.79 Å². The van der Waals surface area contributed by atoms with Gasteiger partial charge in [-0.1, -0.05) is 41.4 Å². The van der Waals surface area contributed by atoms with Crippen molar-refractivity contribution in [3.63, 3.8) is 0 Å². The standard InChI is InChI=1S/C19H15Cl2N3O2/c1-10(12-7-6-11(20)8-14(12)21)22-9-16-23-17-13-4-2-3-5-15(13)26-18(17)19(25)24-16/h2-8,10,22H,9H2,1H3,(H,23,24,25). The molecule has 0 aliphatic carbocycles. The molecule has 0 bridgehead atoms. The number of fused-ring (bicyclic) bond motifs is 3. The number of nitrogens with zero attached hydrogens (tertiary/aromatic N) is 1. The lowest BCUT2D eigenvalue weighted by atomic mass is 10.1. The van der Waals surface area contributed by atoms with Crippen LogP contribution in [0, 0.1) is 0 Å². The molecule has 1 unspecified atom stereocenters. The molecule has 5 nitrogen and oxygen atoms in total. The second-order valence-electron chi connectivity index (χ2n) is 6.06. The first-order valence-corrected chi connectivity index (χ1v) is 8.87. The third kappa shape index (κ3) is 3.09. The van der Waals surface area contributed by atoms with E-state index in [0.717, 1.165) is 10.9 Å². The van der Waals surface area contributed by atoms with Crippen LogP contribution in [-0.2, 0) is 6.54 Å². The minimum Gasteiger partial charge on any atom is -0.449 e. The molecule has 4 aromatic rings. The number of para-hydroxylation sites is 1. The van der Waals surface area contributed by atoms with E-state index in [-0.39, 0.29) is 17.2 Å². The Bertz CT molecular complexity index is 1170. The summed E-state index contributed by atoms with van der Waals surface area (Å²) in [5, 5.41) is 5.32. The molecule has 0 amide bonds. The van der Waals surface area contributed by atoms with Crippen molar-refractivity contribution in [2.24, 2.45) is 0 Å². The molecule has 2 N–H and O–H groups in total. The van der Waals surface area contributed by atoms with Crippen LogP contribution in [0.4, 0.5) is 0 Å². The molecule has 132 valence electrons. The molecule has 26 heavy (non-hydrogen) atoms. The number of hydrogen-bond donors (Lipinski definition) is 2. The molecular weight excluding hydrogens is 373 g/mol. The van der Waals surface area contributed by atoms with Gasteiger partial charge >= 0.3 is 0 Å². The molecule has 0 radical (unpaired) electrons. The summed E-state index contributed by atoms with van der Waals surface area (Å²) >= 11 is 12.2. The molecule has 1 atom stereocenters. The number of hydrogen-bond acceptors (Lipinski definition) is 4. The van der Waals surface area contributed by atoms with E-state index in [9.17, 15) is 4.79 Å². The Kier molecular flexibility index (Phi) is 4.44. The largest absolute Gasteiger partial charge is 0.449 e. The van der Waals surface area contributed by atoms with Crippen LogP contribution in [0.5, 0.6) is 0 Å².